The molecule has 0 heterocycles. The maximum absolute atomic E-state index is 8.74. The Labute approximate surface area is 109 Å². The number of nitrogens with zero attached hydrogens (tertiary/aromatic N) is 2. The van der Waals surface area contributed by atoms with E-state index in [1.165, 1.54) is 10.8 Å². The van der Waals surface area contributed by atoms with Gasteiger partial charge in [-0.1, -0.05) is 24.3 Å². The molecule has 17 heavy (non-hydrogen) atoms. The smallest absolute Gasteiger partial charge is 0.385 e. The molecule has 3 aromatic carbocycles. The summed E-state index contributed by atoms with van der Waals surface area (Å²) in [7, 11) is 0. The molecule has 2 nitrogen and oxygen atoms in total. The van der Waals surface area contributed by atoms with E-state index in [9.17, 15) is 0 Å². The van der Waals surface area contributed by atoms with E-state index in [0.29, 0.717) is 5.69 Å². The third kappa shape index (κ3) is 2.00. The summed E-state index contributed by atoms with van der Waals surface area (Å²) in [5.41, 5.74) is 0.586. The van der Waals surface area contributed by atoms with E-state index in [4.69, 9.17) is 5.39 Å². The van der Waals surface area contributed by atoms with E-state index < -0.39 is 0 Å². The molecule has 0 aromatic heterocycles. The Balaban J connectivity index is 0.00000108. The first-order valence-corrected chi connectivity index (χ1v) is 5.14. The number of benzene rings is 3. The molecule has 0 amide bonds. The fraction of sp³-hybridized carbons (Fsp3) is 0. The largest absolute Gasteiger partial charge is 1.00 e. The molecule has 0 N–H and O–H groups in total. The van der Waals surface area contributed by atoms with Gasteiger partial charge < -0.3 is 17.0 Å². The number of fused-ring (bicyclic) bond motifs is 2. The summed E-state index contributed by atoms with van der Waals surface area (Å²) >= 11 is 0. The molecule has 0 fully saturated rings. The third-order valence-corrected chi connectivity index (χ3v) is 2.80. The van der Waals surface area contributed by atoms with Gasteiger partial charge in [0, 0.05) is 12.1 Å². The second-order valence-electron chi connectivity index (χ2n) is 3.83. The van der Waals surface area contributed by atoms with Crippen LogP contribution in [0.25, 0.3) is 26.5 Å². The number of hydrogen-bond acceptors (Lipinski definition) is 1. The molecule has 0 saturated carbocycles. The van der Waals surface area contributed by atoms with E-state index in [0.717, 1.165) is 10.8 Å². The van der Waals surface area contributed by atoms with Gasteiger partial charge in [-0.05, 0) is 39.7 Å². The zero-order valence-electron chi connectivity index (χ0n) is 8.97. The van der Waals surface area contributed by atoms with Gasteiger partial charge in [-0.3, -0.25) is 0 Å². The van der Waals surface area contributed by atoms with Crippen molar-refractivity contribution >= 4 is 27.2 Å². The van der Waals surface area contributed by atoms with Gasteiger partial charge in [0.1, 0.15) is 0 Å². The highest BCUT2D eigenvalue weighted by Crippen LogP contribution is 2.26. The van der Waals surface area contributed by atoms with E-state index in [1.54, 1.807) is 6.07 Å². The van der Waals surface area contributed by atoms with Gasteiger partial charge in [-0.15, -0.1) is 0 Å². The zero-order chi connectivity index (χ0) is 11.0. The highest BCUT2D eigenvalue weighted by atomic mass is 79.9. The van der Waals surface area contributed by atoms with Crippen LogP contribution in [0.15, 0.2) is 54.6 Å². The topological polar surface area (TPSA) is 28.1 Å². The number of diazo groups is 1. The van der Waals surface area contributed by atoms with Crippen molar-refractivity contribution in [2.24, 2.45) is 0 Å². The fourth-order valence-electron chi connectivity index (χ4n) is 1.99. The van der Waals surface area contributed by atoms with Crippen molar-refractivity contribution in [1.29, 1.82) is 5.39 Å². The molecular formula is C14H9BrN2. The quantitative estimate of drug-likeness (QED) is 0.454. The second kappa shape index (κ2) is 4.52. The predicted molar refractivity (Wildman–Crippen MR) is 66.2 cm³/mol. The van der Waals surface area contributed by atoms with Crippen LogP contribution in [0, 0.1) is 5.39 Å². The van der Waals surface area contributed by atoms with E-state index >= 15 is 0 Å². The average molecular weight is 285 g/mol. The summed E-state index contributed by atoms with van der Waals surface area (Å²) in [5, 5.41) is 13.4. The fourth-order valence-corrected chi connectivity index (χ4v) is 1.99. The Hall–Kier alpha value is -1.92. The summed E-state index contributed by atoms with van der Waals surface area (Å²) in [6.45, 7) is 0. The molecule has 0 saturated heterocycles. The Bertz CT molecular complexity index is 729. The van der Waals surface area contributed by atoms with E-state index in [2.05, 4.69) is 29.2 Å². The van der Waals surface area contributed by atoms with E-state index in [1.807, 2.05) is 24.3 Å². The standard InChI is InChI=1S/C14H9N2.BrH/c15-16-14-6-5-12-7-10-3-1-2-4-11(10)8-13(12)9-14;/h1-9H;1H/q+1;/p-1. The monoisotopic (exact) mass is 284 g/mol. The van der Waals surface area contributed by atoms with Gasteiger partial charge in [0.05, 0.1) is 0 Å². The van der Waals surface area contributed by atoms with Gasteiger partial charge in [-0.25, -0.2) is 0 Å². The summed E-state index contributed by atoms with van der Waals surface area (Å²) in [5.74, 6) is 0. The van der Waals surface area contributed by atoms with Crippen molar-refractivity contribution in [3.8, 4) is 0 Å². The van der Waals surface area contributed by atoms with Crippen LogP contribution in [0.5, 0.6) is 0 Å². The van der Waals surface area contributed by atoms with Crippen molar-refractivity contribution in [2.45, 2.75) is 0 Å². The molecule has 82 valence electrons. The van der Waals surface area contributed by atoms with Crippen molar-refractivity contribution in [3.05, 3.63) is 59.6 Å². The average Bonchev–Trinajstić information content (AvgIpc) is 2.35. The first-order chi connectivity index (χ1) is 7.86. The Morgan fingerprint density at radius 3 is 1.94 bits per heavy atom. The van der Waals surface area contributed by atoms with Crippen LogP contribution in [0.4, 0.5) is 5.69 Å². The zero-order valence-corrected chi connectivity index (χ0v) is 10.6. The first kappa shape index (κ1) is 11.6. The van der Waals surface area contributed by atoms with Crippen molar-refractivity contribution in [3.63, 3.8) is 0 Å². The maximum Gasteiger partial charge on any atom is 0.385 e. The molecule has 0 bridgehead atoms. The van der Waals surface area contributed by atoms with Gasteiger partial charge in [0.25, 0.3) is 0 Å². The molecule has 0 radical (unpaired) electrons. The minimum atomic E-state index is 0. The second-order valence-corrected chi connectivity index (χ2v) is 3.83. The lowest BCUT2D eigenvalue weighted by atomic mass is 10.0. The third-order valence-electron chi connectivity index (χ3n) is 2.80. The van der Waals surface area contributed by atoms with Crippen LogP contribution in [0.2, 0.25) is 0 Å². The Morgan fingerprint density at radius 1 is 0.706 bits per heavy atom. The first-order valence-electron chi connectivity index (χ1n) is 5.14. The lowest BCUT2D eigenvalue weighted by molar-refractivity contribution is -0.00000327. The van der Waals surface area contributed by atoms with Crippen LogP contribution in [-0.4, -0.2) is 0 Å². The SMILES string of the molecule is N#[N+]c1ccc2cc3ccccc3cc2c1.[Br-]. The summed E-state index contributed by atoms with van der Waals surface area (Å²) < 4.78 is 0. The summed E-state index contributed by atoms with van der Waals surface area (Å²) in [6, 6.07) is 18.1. The lowest BCUT2D eigenvalue weighted by Gasteiger charge is -2.00. The molecular weight excluding hydrogens is 276 g/mol. The summed E-state index contributed by atoms with van der Waals surface area (Å²) in [4.78, 5) is 3.20. The van der Waals surface area contributed by atoms with Crippen LogP contribution >= 0.6 is 0 Å². The molecule has 0 spiro atoms. The molecule has 0 aliphatic heterocycles. The predicted octanol–water partition coefficient (Wildman–Crippen LogP) is 1.48. The number of halogens is 1. The normalized spacial score (nSPS) is 9.82. The van der Waals surface area contributed by atoms with E-state index in [-0.39, 0.29) is 17.0 Å². The molecule has 3 heteroatoms. The molecule has 0 aliphatic rings. The van der Waals surface area contributed by atoms with Crippen LogP contribution in [-0.2, 0) is 0 Å². The molecule has 3 aromatic rings. The minimum Gasteiger partial charge on any atom is -1.00 e. The highest BCUT2D eigenvalue weighted by Gasteiger charge is 2.05. The van der Waals surface area contributed by atoms with Crippen LogP contribution < -0.4 is 17.0 Å². The van der Waals surface area contributed by atoms with Gasteiger partial charge >= 0.3 is 5.69 Å². The van der Waals surface area contributed by atoms with Crippen LogP contribution in [0.3, 0.4) is 0 Å². The van der Waals surface area contributed by atoms with Gasteiger partial charge in [-0.2, -0.15) is 0 Å². The van der Waals surface area contributed by atoms with Crippen molar-refractivity contribution in [2.75, 3.05) is 0 Å². The molecule has 3 rings (SSSR count). The number of rotatable bonds is 0. The highest BCUT2D eigenvalue weighted by molar-refractivity contribution is 5.99. The molecule has 0 atom stereocenters. The van der Waals surface area contributed by atoms with Crippen molar-refractivity contribution < 1.29 is 17.0 Å². The lowest BCUT2D eigenvalue weighted by Crippen LogP contribution is -3.00. The molecule has 0 unspecified atom stereocenters. The Kier molecular flexibility index (Phi) is 3.08. The minimum absolute atomic E-state index is 0. The number of hydrogen-bond donors (Lipinski definition) is 0. The van der Waals surface area contributed by atoms with Gasteiger partial charge in [0.15, 0.2) is 4.98 Å². The van der Waals surface area contributed by atoms with Crippen LogP contribution in [0.1, 0.15) is 0 Å². The van der Waals surface area contributed by atoms with Gasteiger partial charge in [0.2, 0.25) is 5.39 Å². The summed E-state index contributed by atoms with van der Waals surface area (Å²) in [6.07, 6.45) is 0. The Morgan fingerprint density at radius 2 is 1.29 bits per heavy atom. The molecule has 0 aliphatic carbocycles. The van der Waals surface area contributed by atoms with Crippen molar-refractivity contribution in [1.82, 2.24) is 0 Å². The maximum atomic E-state index is 8.74.